The van der Waals surface area contributed by atoms with E-state index in [1.165, 1.54) is 0 Å². The van der Waals surface area contributed by atoms with Crippen LogP contribution in [-0.4, -0.2) is 27.7 Å². The number of carbonyl (C=O) groups is 1. The van der Waals surface area contributed by atoms with Gasteiger partial charge in [0, 0.05) is 32.5 Å². The maximum atomic E-state index is 13.8. The van der Waals surface area contributed by atoms with Crippen LogP contribution in [0, 0.1) is 0 Å². The Morgan fingerprint density at radius 1 is 1.42 bits per heavy atom. The van der Waals surface area contributed by atoms with Crippen LogP contribution in [-0.2, 0) is 17.9 Å². The molecular weight excluding hydrogens is 325 g/mol. The highest BCUT2D eigenvalue weighted by atomic mass is 19.4. The van der Waals surface area contributed by atoms with Crippen LogP contribution in [0.25, 0.3) is 11.1 Å². The maximum Gasteiger partial charge on any atom is 0.428 e. The molecule has 1 aliphatic heterocycles. The van der Waals surface area contributed by atoms with Crippen molar-refractivity contribution in [1.82, 2.24) is 15.2 Å². The van der Waals surface area contributed by atoms with Crippen molar-refractivity contribution >= 4 is 11.8 Å². The van der Waals surface area contributed by atoms with E-state index in [9.17, 15) is 18.0 Å². The predicted octanol–water partition coefficient (Wildman–Crippen LogP) is 2.94. The SMILES string of the molecule is [2H]C([2H])([2H])n1cc(-c2ccc(C3=NNC(=O)O[C@@]3([2H])C([2H])([2H])[2H])cc2C(F)(F)F)cn1. The van der Waals surface area contributed by atoms with Gasteiger partial charge in [-0.05, 0) is 18.5 Å². The quantitative estimate of drug-likeness (QED) is 0.910. The Morgan fingerprint density at radius 3 is 2.92 bits per heavy atom. The van der Waals surface area contributed by atoms with E-state index in [2.05, 4.69) is 14.9 Å². The number of rotatable bonds is 2. The molecule has 0 spiro atoms. The van der Waals surface area contributed by atoms with Crippen LogP contribution in [0.2, 0.25) is 0 Å². The number of benzene rings is 1. The van der Waals surface area contributed by atoms with Crippen LogP contribution >= 0.6 is 0 Å². The van der Waals surface area contributed by atoms with Crippen molar-refractivity contribution < 1.29 is 32.3 Å². The van der Waals surface area contributed by atoms with Crippen LogP contribution in [0.3, 0.4) is 0 Å². The molecule has 1 aromatic heterocycles. The van der Waals surface area contributed by atoms with Gasteiger partial charge in [0.1, 0.15) is 11.8 Å². The summed E-state index contributed by atoms with van der Waals surface area (Å²) in [5, 5.41) is 7.00. The van der Waals surface area contributed by atoms with Crippen LogP contribution < -0.4 is 5.43 Å². The maximum absolute atomic E-state index is 13.8. The third kappa shape index (κ3) is 2.97. The van der Waals surface area contributed by atoms with E-state index in [4.69, 9.17) is 9.60 Å². The van der Waals surface area contributed by atoms with Gasteiger partial charge < -0.3 is 4.74 Å². The van der Waals surface area contributed by atoms with Crippen molar-refractivity contribution in [2.24, 2.45) is 12.1 Å². The first-order valence-electron chi connectivity index (χ1n) is 9.88. The first-order valence-corrected chi connectivity index (χ1v) is 6.38. The molecule has 1 N–H and O–H groups in total. The lowest BCUT2D eigenvalue weighted by Gasteiger charge is -2.21. The molecule has 24 heavy (non-hydrogen) atoms. The average molecular weight is 345 g/mol. The zero-order valence-electron chi connectivity index (χ0n) is 18.7. The largest absolute Gasteiger partial charge is 0.439 e. The van der Waals surface area contributed by atoms with Crippen molar-refractivity contribution in [3.63, 3.8) is 0 Å². The Labute approximate surface area is 144 Å². The highest BCUT2D eigenvalue weighted by molar-refractivity contribution is 6.06. The van der Waals surface area contributed by atoms with E-state index in [-0.39, 0.29) is 5.56 Å². The van der Waals surface area contributed by atoms with E-state index in [1.54, 1.807) is 5.43 Å². The fourth-order valence-electron chi connectivity index (χ4n) is 2.15. The first-order chi connectivity index (χ1) is 14.0. The molecule has 0 saturated heterocycles. The second-order valence-electron chi connectivity index (χ2n) is 4.72. The normalized spacial score (nSPS) is 26.4. The third-order valence-electron chi connectivity index (χ3n) is 3.16. The molecule has 3 rings (SSSR count). The summed E-state index contributed by atoms with van der Waals surface area (Å²) >= 11 is 0. The molecule has 0 unspecified atom stereocenters. The fraction of sp³-hybridized carbons (Fsp3) is 0.267. The van der Waals surface area contributed by atoms with Crippen molar-refractivity contribution in [3.8, 4) is 11.1 Å². The topological polar surface area (TPSA) is 68.5 Å². The summed E-state index contributed by atoms with van der Waals surface area (Å²) in [5.41, 5.74) is -1.27. The number of cyclic esters (lactones) is 1. The van der Waals surface area contributed by atoms with Gasteiger partial charge in [0.05, 0.1) is 13.1 Å². The zero-order valence-corrected chi connectivity index (χ0v) is 11.7. The zero-order chi connectivity index (χ0) is 23.4. The third-order valence-corrected chi connectivity index (χ3v) is 3.16. The molecule has 2 heterocycles. The Morgan fingerprint density at radius 2 is 2.25 bits per heavy atom. The van der Waals surface area contributed by atoms with Crippen LogP contribution in [0.4, 0.5) is 18.0 Å². The standard InChI is InChI=1S/C15H13F3N4O2/c1-8-13(20-21-14(23)24-8)9-3-4-11(10-6-19-22(2)7-10)12(5-9)15(16,17)18/h3-8H,1-2H3,(H,21,23)/t8-/m0/s1/i1D3,2D3,8D. The number of nitrogens with one attached hydrogen (secondary N) is 1. The summed E-state index contributed by atoms with van der Waals surface area (Å²) in [4.78, 5) is 11.4. The van der Waals surface area contributed by atoms with E-state index in [0.29, 0.717) is 10.7 Å². The molecule has 126 valence electrons. The predicted molar refractivity (Wildman–Crippen MR) is 79.3 cm³/mol. The lowest BCUT2D eigenvalue weighted by molar-refractivity contribution is -0.137. The summed E-state index contributed by atoms with van der Waals surface area (Å²) in [7, 11) is 0. The van der Waals surface area contributed by atoms with Gasteiger partial charge in [-0.1, -0.05) is 12.1 Å². The number of hydrogen-bond donors (Lipinski definition) is 1. The summed E-state index contributed by atoms with van der Waals surface area (Å²) in [5.74, 6) is 0. The second-order valence-corrected chi connectivity index (χ2v) is 4.72. The summed E-state index contributed by atoms with van der Waals surface area (Å²) < 4.78 is 98.8. The van der Waals surface area contributed by atoms with Crippen molar-refractivity contribution in [1.29, 1.82) is 0 Å². The Balaban J connectivity index is 2.17. The molecule has 0 bridgehead atoms. The molecule has 1 aromatic carbocycles. The lowest BCUT2D eigenvalue weighted by atomic mass is 9.96. The number of hydrazone groups is 1. The number of halogens is 3. The molecule has 6 nitrogen and oxygen atoms in total. The Bertz CT molecular complexity index is 1060. The summed E-state index contributed by atoms with van der Waals surface area (Å²) in [6, 6.07) is 2.54. The molecule has 1 amide bonds. The number of ether oxygens (including phenoxy) is 1. The minimum atomic E-state index is -4.95. The van der Waals surface area contributed by atoms with Gasteiger partial charge in [-0.3, -0.25) is 4.68 Å². The lowest BCUT2D eigenvalue weighted by Crippen LogP contribution is -2.37. The van der Waals surface area contributed by atoms with E-state index in [0.717, 1.165) is 24.5 Å². The number of amides is 1. The number of carbonyl (C=O) groups excluding carboxylic acids is 1. The average Bonchev–Trinajstić information content (AvgIpc) is 3.10. The highest BCUT2D eigenvalue weighted by Gasteiger charge is 2.35. The minimum Gasteiger partial charge on any atom is -0.439 e. The van der Waals surface area contributed by atoms with Crippen LogP contribution in [0.5, 0.6) is 0 Å². The molecule has 0 aliphatic carbocycles. The van der Waals surface area contributed by atoms with Crippen LogP contribution in [0.1, 0.15) is 27.6 Å². The van der Waals surface area contributed by atoms with Gasteiger partial charge in [0.2, 0.25) is 0 Å². The minimum absolute atomic E-state index is 0.155. The number of aryl methyl sites for hydroxylation is 1. The first kappa shape index (κ1) is 9.45. The molecule has 9 heteroatoms. The molecule has 0 fully saturated rings. The molecule has 0 radical (unpaired) electrons. The van der Waals surface area contributed by atoms with Gasteiger partial charge in [0.15, 0.2) is 0 Å². The number of nitrogens with zero attached hydrogens (tertiary/aromatic N) is 3. The molecule has 0 saturated carbocycles. The molecule has 1 aliphatic rings. The van der Waals surface area contributed by atoms with Gasteiger partial charge >= 0.3 is 12.3 Å². The number of hydrogen-bond acceptors (Lipinski definition) is 4. The molecular formula is C15H13F3N4O2. The Kier molecular flexibility index (Phi) is 2.23. The van der Waals surface area contributed by atoms with E-state index < -0.39 is 54.6 Å². The van der Waals surface area contributed by atoms with Crippen LogP contribution in [0.15, 0.2) is 35.7 Å². The smallest absolute Gasteiger partial charge is 0.428 e. The fourth-order valence-corrected chi connectivity index (χ4v) is 2.15. The highest BCUT2D eigenvalue weighted by Crippen LogP contribution is 2.38. The van der Waals surface area contributed by atoms with Crippen molar-refractivity contribution in [2.75, 3.05) is 0 Å². The van der Waals surface area contributed by atoms with E-state index in [1.807, 2.05) is 0 Å². The van der Waals surface area contributed by atoms with Gasteiger partial charge in [-0.25, -0.2) is 10.2 Å². The molecule has 2 aromatic rings. The summed E-state index contributed by atoms with van der Waals surface area (Å²) in [6.45, 7) is -5.96. The van der Waals surface area contributed by atoms with Gasteiger partial charge in [0.25, 0.3) is 0 Å². The van der Waals surface area contributed by atoms with Gasteiger partial charge in [-0.15, -0.1) is 0 Å². The summed E-state index contributed by atoms with van der Waals surface area (Å²) in [6.07, 6.45) is -7.49. The van der Waals surface area contributed by atoms with Gasteiger partial charge in [-0.2, -0.15) is 23.4 Å². The number of aromatic nitrogens is 2. The van der Waals surface area contributed by atoms with E-state index >= 15 is 0 Å². The molecule has 1 atom stereocenters. The van der Waals surface area contributed by atoms with Crippen molar-refractivity contribution in [2.45, 2.75) is 19.1 Å². The second kappa shape index (κ2) is 5.66. The monoisotopic (exact) mass is 345 g/mol. The Hall–Kier alpha value is -2.84. The van der Waals surface area contributed by atoms with Crippen molar-refractivity contribution in [3.05, 3.63) is 41.7 Å². The number of alkyl halides is 3.